The molecule has 1 aromatic carbocycles. The summed E-state index contributed by atoms with van der Waals surface area (Å²) >= 11 is 1.75. The minimum Gasteiger partial charge on any atom is -0.371 e. The number of carbonyl (C=O) groups is 1. The molecule has 0 unspecified atom stereocenters. The van der Waals surface area contributed by atoms with Gasteiger partial charge in [-0.2, -0.15) is 11.8 Å². The molecule has 1 aromatic rings. The number of amides is 2. The van der Waals surface area contributed by atoms with Crippen molar-refractivity contribution < 1.29 is 9.53 Å². The lowest BCUT2D eigenvalue weighted by molar-refractivity contribution is 0.0998. The van der Waals surface area contributed by atoms with E-state index in [1.807, 2.05) is 30.3 Å². The van der Waals surface area contributed by atoms with E-state index in [1.165, 1.54) is 0 Å². The van der Waals surface area contributed by atoms with Gasteiger partial charge in [0.1, 0.15) is 6.10 Å². The summed E-state index contributed by atoms with van der Waals surface area (Å²) in [5.74, 6) is 0.938. The molecule has 4 nitrogen and oxygen atoms in total. The second kappa shape index (κ2) is 8.29. The number of carbonyl (C=O) groups excluding carboxylic acids is 1. The molecule has 2 amide bonds. The van der Waals surface area contributed by atoms with Crippen molar-refractivity contribution in [3.63, 3.8) is 0 Å². The topological polar surface area (TPSA) is 50.4 Å². The van der Waals surface area contributed by atoms with E-state index in [9.17, 15) is 4.79 Å². The third-order valence-corrected chi connectivity index (χ3v) is 4.47. The van der Waals surface area contributed by atoms with Gasteiger partial charge in [0.25, 0.3) is 0 Å². The van der Waals surface area contributed by atoms with Crippen molar-refractivity contribution >= 4 is 17.8 Å². The third kappa shape index (κ3) is 4.64. The van der Waals surface area contributed by atoms with E-state index in [0.29, 0.717) is 6.61 Å². The Bertz CT molecular complexity index is 441. The summed E-state index contributed by atoms with van der Waals surface area (Å²) in [7, 11) is 0. The van der Waals surface area contributed by atoms with Gasteiger partial charge in [0.05, 0.1) is 6.04 Å². The van der Waals surface area contributed by atoms with Crippen LogP contribution in [-0.4, -0.2) is 36.7 Å². The molecule has 2 rings (SSSR count). The minimum absolute atomic E-state index is 0.0409. The van der Waals surface area contributed by atoms with Crippen LogP contribution in [0.25, 0.3) is 0 Å². The van der Waals surface area contributed by atoms with Crippen molar-refractivity contribution in [3.05, 3.63) is 35.9 Å². The Hall–Kier alpha value is -1.20. The number of nitrogens with one attached hydrogen (secondary N) is 2. The smallest absolute Gasteiger partial charge is 0.315 e. The van der Waals surface area contributed by atoms with Gasteiger partial charge < -0.3 is 15.4 Å². The Morgan fingerprint density at radius 3 is 2.86 bits per heavy atom. The van der Waals surface area contributed by atoms with Crippen molar-refractivity contribution in [1.82, 2.24) is 10.6 Å². The summed E-state index contributed by atoms with van der Waals surface area (Å²) in [6, 6.07) is 10.3. The highest BCUT2D eigenvalue weighted by molar-refractivity contribution is 7.98. The highest BCUT2D eigenvalue weighted by Gasteiger charge is 2.31. The van der Waals surface area contributed by atoms with Crippen LogP contribution in [0.4, 0.5) is 4.79 Å². The standard InChI is InChI=1S/C16H24N2O2S/c1-3-13(11-21-2)17-16(19)18-14-9-10-20-15(14)12-7-5-4-6-8-12/h4-8,13-15H,3,9-11H2,1-2H3,(H2,17,18,19)/t13-,14-,15-/m1/s1. The molecule has 5 heteroatoms. The first kappa shape index (κ1) is 16.2. The molecule has 0 aliphatic carbocycles. The van der Waals surface area contributed by atoms with E-state index < -0.39 is 0 Å². The fourth-order valence-corrected chi connectivity index (χ4v) is 3.29. The van der Waals surface area contributed by atoms with E-state index in [2.05, 4.69) is 23.8 Å². The number of urea groups is 1. The van der Waals surface area contributed by atoms with Crippen molar-refractivity contribution in [1.29, 1.82) is 0 Å². The van der Waals surface area contributed by atoms with Gasteiger partial charge in [0.2, 0.25) is 0 Å². The van der Waals surface area contributed by atoms with Crippen LogP contribution >= 0.6 is 11.8 Å². The predicted octanol–water partition coefficient (Wildman–Crippen LogP) is 2.96. The van der Waals surface area contributed by atoms with Gasteiger partial charge in [0.15, 0.2) is 0 Å². The maximum Gasteiger partial charge on any atom is 0.315 e. The van der Waals surface area contributed by atoms with E-state index in [0.717, 1.165) is 24.2 Å². The van der Waals surface area contributed by atoms with Gasteiger partial charge in [0, 0.05) is 18.4 Å². The molecule has 1 fully saturated rings. The van der Waals surface area contributed by atoms with Crippen LogP contribution in [0.2, 0.25) is 0 Å². The highest BCUT2D eigenvalue weighted by Crippen LogP contribution is 2.28. The summed E-state index contributed by atoms with van der Waals surface area (Å²) in [5.41, 5.74) is 1.12. The Morgan fingerprint density at radius 1 is 1.43 bits per heavy atom. The summed E-state index contributed by atoms with van der Waals surface area (Å²) < 4.78 is 5.78. The molecule has 1 aliphatic rings. The fourth-order valence-electron chi connectivity index (χ4n) is 2.57. The molecule has 0 spiro atoms. The molecule has 1 saturated heterocycles. The first-order valence-electron chi connectivity index (χ1n) is 7.47. The summed E-state index contributed by atoms with van der Waals surface area (Å²) in [6.45, 7) is 2.78. The first-order valence-corrected chi connectivity index (χ1v) is 8.86. The number of hydrogen-bond acceptors (Lipinski definition) is 3. The van der Waals surface area contributed by atoms with Crippen molar-refractivity contribution in [2.45, 2.75) is 38.0 Å². The first-order chi connectivity index (χ1) is 10.2. The lowest BCUT2D eigenvalue weighted by atomic mass is 10.0. The van der Waals surface area contributed by atoms with Crippen LogP contribution in [0.3, 0.4) is 0 Å². The lowest BCUT2D eigenvalue weighted by Crippen LogP contribution is -2.47. The van der Waals surface area contributed by atoms with Crippen LogP contribution < -0.4 is 10.6 Å². The van der Waals surface area contributed by atoms with E-state index >= 15 is 0 Å². The molecule has 1 heterocycles. The Labute approximate surface area is 131 Å². The van der Waals surface area contributed by atoms with Gasteiger partial charge in [-0.25, -0.2) is 4.79 Å². The normalized spacial score (nSPS) is 22.8. The minimum atomic E-state index is -0.0904. The number of rotatable bonds is 6. The maximum absolute atomic E-state index is 12.1. The third-order valence-electron chi connectivity index (χ3n) is 3.73. The monoisotopic (exact) mass is 308 g/mol. The van der Waals surface area contributed by atoms with Crippen LogP contribution in [0.5, 0.6) is 0 Å². The highest BCUT2D eigenvalue weighted by atomic mass is 32.2. The molecule has 21 heavy (non-hydrogen) atoms. The Balaban J connectivity index is 1.90. The number of thioether (sulfide) groups is 1. The second-order valence-electron chi connectivity index (χ2n) is 5.28. The van der Waals surface area contributed by atoms with Crippen molar-refractivity contribution in [2.24, 2.45) is 0 Å². The van der Waals surface area contributed by atoms with Crippen LogP contribution in [0, 0.1) is 0 Å². The lowest BCUT2D eigenvalue weighted by Gasteiger charge is -2.22. The van der Waals surface area contributed by atoms with Crippen molar-refractivity contribution in [3.8, 4) is 0 Å². The molecule has 0 bridgehead atoms. The Morgan fingerprint density at radius 2 is 2.19 bits per heavy atom. The molecule has 3 atom stereocenters. The fraction of sp³-hybridized carbons (Fsp3) is 0.562. The largest absolute Gasteiger partial charge is 0.371 e. The molecular weight excluding hydrogens is 284 g/mol. The molecule has 0 saturated carbocycles. The van der Waals surface area contributed by atoms with Crippen LogP contribution in [-0.2, 0) is 4.74 Å². The van der Waals surface area contributed by atoms with E-state index in [-0.39, 0.29) is 24.2 Å². The molecule has 0 aromatic heterocycles. The molecule has 2 N–H and O–H groups in total. The van der Waals surface area contributed by atoms with Crippen LogP contribution in [0.15, 0.2) is 30.3 Å². The number of hydrogen-bond donors (Lipinski definition) is 2. The number of ether oxygens (including phenoxy) is 1. The van der Waals surface area contributed by atoms with Gasteiger partial charge in [-0.3, -0.25) is 0 Å². The second-order valence-corrected chi connectivity index (χ2v) is 6.19. The molecule has 0 radical (unpaired) electrons. The number of benzene rings is 1. The van der Waals surface area contributed by atoms with Gasteiger partial charge in [-0.05, 0) is 24.7 Å². The van der Waals surface area contributed by atoms with Gasteiger partial charge in [-0.1, -0.05) is 37.3 Å². The summed E-state index contributed by atoms with van der Waals surface area (Å²) in [6.07, 6.45) is 3.81. The maximum atomic E-state index is 12.1. The zero-order valence-electron chi connectivity index (χ0n) is 12.7. The average molecular weight is 308 g/mol. The zero-order chi connectivity index (χ0) is 15.1. The molecular formula is C16H24N2O2S. The quantitative estimate of drug-likeness (QED) is 0.849. The zero-order valence-corrected chi connectivity index (χ0v) is 13.5. The summed E-state index contributed by atoms with van der Waals surface area (Å²) in [4.78, 5) is 12.1. The average Bonchev–Trinajstić information content (AvgIpc) is 2.95. The summed E-state index contributed by atoms with van der Waals surface area (Å²) in [5, 5.41) is 6.11. The van der Waals surface area contributed by atoms with E-state index in [4.69, 9.17) is 4.74 Å². The van der Waals surface area contributed by atoms with Gasteiger partial charge in [-0.15, -0.1) is 0 Å². The van der Waals surface area contributed by atoms with Crippen LogP contribution in [0.1, 0.15) is 31.4 Å². The van der Waals surface area contributed by atoms with Crippen molar-refractivity contribution in [2.75, 3.05) is 18.6 Å². The SMILES string of the molecule is CC[C@H](CSC)NC(=O)N[C@@H]1CCO[C@@H]1c1ccccc1. The molecule has 116 valence electrons. The van der Waals surface area contributed by atoms with E-state index in [1.54, 1.807) is 11.8 Å². The molecule has 1 aliphatic heterocycles. The van der Waals surface area contributed by atoms with Gasteiger partial charge >= 0.3 is 6.03 Å². The Kier molecular flexibility index (Phi) is 6.39. The predicted molar refractivity (Wildman–Crippen MR) is 87.7 cm³/mol.